The smallest absolute Gasteiger partial charge is 0.406 e. The first-order valence-corrected chi connectivity index (χ1v) is 9.18. The van der Waals surface area contributed by atoms with E-state index in [4.69, 9.17) is 0 Å². The van der Waals surface area contributed by atoms with Gasteiger partial charge in [-0.1, -0.05) is 0 Å². The topological polar surface area (TPSA) is 98.5 Å². The van der Waals surface area contributed by atoms with Gasteiger partial charge in [0.1, 0.15) is 11.6 Å². The van der Waals surface area contributed by atoms with Crippen LogP contribution in [0, 0.1) is 15.9 Å². The number of halogens is 7. The average molecular weight is 474 g/mol. The van der Waals surface area contributed by atoms with Gasteiger partial charge in [-0.3, -0.25) is 10.1 Å². The summed E-state index contributed by atoms with van der Waals surface area (Å²) in [5.74, 6) is -2.07. The summed E-state index contributed by atoms with van der Waals surface area (Å²) in [6.07, 6.45) is -9.79. The molecule has 0 heterocycles. The van der Waals surface area contributed by atoms with Crippen LogP contribution in [0.1, 0.15) is 5.56 Å². The van der Waals surface area contributed by atoms with Crippen molar-refractivity contribution >= 4 is 15.5 Å². The molecule has 0 atom stereocenters. The largest absolute Gasteiger partial charge is 0.573 e. The Balaban J connectivity index is 2.39. The molecule has 0 saturated carbocycles. The number of sulfone groups is 1. The molecule has 0 amide bonds. The second-order valence-electron chi connectivity index (χ2n) is 5.60. The van der Waals surface area contributed by atoms with Gasteiger partial charge < -0.3 is 10.1 Å². The fraction of sp³-hybridized carbons (Fsp3) is 0.125. The van der Waals surface area contributed by atoms with E-state index in [1.165, 1.54) is 0 Å². The zero-order valence-corrected chi connectivity index (χ0v) is 15.5. The summed E-state index contributed by atoms with van der Waals surface area (Å²) >= 11 is 0. The summed E-state index contributed by atoms with van der Waals surface area (Å²) in [4.78, 5) is 8.93. The second-order valence-corrected chi connectivity index (χ2v) is 7.50. The predicted octanol–water partition coefficient (Wildman–Crippen LogP) is 4.70. The maximum atomic E-state index is 13.7. The molecule has 1 N–H and O–H groups in total. The maximum absolute atomic E-state index is 13.7. The molecule has 0 spiro atoms. The lowest BCUT2D eigenvalue weighted by molar-refractivity contribution is -0.411. The molecule has 0 aliphatic carbocycles. The molecular formula is C16H9F7N2O5S. The Morgan fingerprint density at radius 3 is 2.10 bits per heavy atom. The lowest BCUT2D eigenvalue weighted by Crippen LogP contribution is -2.17. The highest BCUT2D eigenvalue weighted by atomic mass is 32.2. The Hall–Kier alpha value is -3.36. The number of nitrogens with zero attached hydrogens (tertiary/aromatic N) is 1. The summed E-state index contributed by atoms with van der Waals surface area (Å²) in [7, 11) is -4.96. The van der Waals surface area contributed by atoms with Crippen molar-refractivity contribution in [1.29, 1.82) is 0 Å². The van der Waals surface area contributed by atoms with Crippen LogP contribution in [0.25, 0.3) is 0 Å². The zero-order chi connectivity index (χ0) is 23.6. The lowest BCUT2D eigenvalue weighted by Gasteiger charge is -2.10. The summed E-state index contributed by atoms with van der Waals surface area (Å²) in [5, 5.41) is 11.4. The quantitative estimate of drug-likeness (QED) is 0.370. The van der Waals surface area contributed by atoms with Gasteiger partial charge in [-0.2, -0.15) is 13.2 Å². The van der Waals surface area contributed by atoms with E-state index in [2.05, 4.69) is 4.74 Å². The number of benzene rings is 2. The van der Waals surface area contributed by atoms with Crippen molar-refractivity contribution in [3.63, 3.8) is 0 Å². The molecule has 0 aromatic heterocycles. The van der Waals surface area contributed by atoms with Crippen molar-refractivity contribution in [3.05, 3.63) is 75.2 Å². The van der Waals surface area contributed by atoms with Crippen LogP contribution in [0.15, 0.2) is 58.6 Å². The molecule has 7 nitrogen and oxygen atoms in total. The molecule has 2 rings (SSSR count). The molecule has 0 saturated heterocycles. The molecule has 0 aliphatic heterocycles. The molecule has 15 heteroatoms. The molecule has 2 aromatic rings. The number of rotatable bonds is 6. The van der Waals surface area contributed by atoms with Crippen LogP contribution in [0.5, 0.6) is 5.75 Å². The minimum absolute atomic E-state index is 0.147. The summed E-state index contributed by atoms with van der Waals surface area (Å²) in [6.45, 7) is 0. The molecular weight excluding hydrogens is 465 g/mol. The number of alkyl halides is 6. The Morgan fingerprint density at radius 2 is 1.61 bits per heavy atom. The first-order valence-electron chi connectivity index (χ1n) is 7.70. The van der Waals surface area contributed by atoms with Gasteiger partial charge in [0.15, 0.2) is 0 Å². The summed E-state index contributed by atoms with van der Waals surface area (Å²) in [6, 6.07) is 3.41. The van der Waals surface area contributed by atoms with E-state index < -0.39 is 60.0 Å². The van der Waals surface area contributed by atoms with Crippen molar-refractivity contribution in [2.45, 2.75) is 17.4 Å². The standard InChI is InChI=1S/C16H9F7N2O5S/c17-12-6-1-9(15(18,19)20)7-13(12)24-8-14(25(26)27)31(28,29)11-4-2-10(3-5-11)30-16(21,22)23/h1-8,24H. The van der Waals surface area contributed by atoms with Crippen molar-refractivity contribution in [3.8, 4) is 5.75 Å². The fourth-order valence-corrected chi connectivity index (χ4v) is 3.27. The highest BCUT2D eigenvalue weighted by molar-refractivity contribution is 7.95. The van der Waals surface area contributed by atoms with Gasteiger partial charge in [-0.05, 0) is 42.5 Å². The van der Waals surface area contributed by atoms with Crippen molar-refractivity contribution in [2.75, 3.05) is 5.32 Å². The van der Waals surface area contributed by atoms with Crippen molar-refractivity contribution in [1.82, 2.24) is 0 Å². The lowest BCUT2D eigenvalue weighted by atomic mass is 10.2. The third-order valence-corrected chi connectivity index (χ3v) is 5.18. The SMILES string of the molecule is O=[N+]([O-])C(=CNc1cc(C(F)(F)F)ccc1F)S(=O)(=O)c1ccc(OC(F)(F)F)cc1. The van der Waals surface area contributed by atoms with Gasteiger partial charge in [0.25, 0.3) is 9.84 Å². The third-order valence-electron chi connectivity index (χ3n) is 3.47. The van der Waals surface area contributed by atoms with Gasteiger partial charge in [-0.15, -0.1) is 13.2 Å². The first kappa shape index (κ1) is 23.9. The molecule has 2 aromatic carbocycles. The number of nitro groups is 1. The Labute approximate surface area is 168 Å². The Morgan fingerprint density at radius 1 is 1.03 bits per heavy atom. The van der Waals surface area contributed by atoms with Crippen molar-refractivity contribution in [2.24, 2.45) is 0 Å². The van der Waals surface area contributed by atoms with E-state index in [9.17, 15) is 49.3 Å². The number of hydrogen-bond donors (Lipinski definition) is 1. The molecule has 0 bridgehead atoms. The maximum Gasteiger partial charge on any atom is 0.573 e. The molecule has 0 unspecified atom stereocenters. The van der Waals surface area contributed by atoms with Gasteiger partial charge >= 0.3 is 17.6 Å². The minimum Gasteiger partial charge on any atom is -0.406 e. The summed E-state index contributed by atoms with van der Waals surface area (Å²) in [5.41, 5.74) is -2.21. The van der Waals surface area contributed by atoms with Gasteiger partial charge in [-0.25, -0.2) is 12.8 Å². The average Bonchev–Trinajstić information content (AvgIpc) is 2.61. The number of hydrogen-bond acceptors (Lipinski definition) is 6. The van der Waals surface area contributed by atoms with Crippen LogP contribution in [0.4, 0.5) is 36.4 Å². The van der Waals surface area contributed by atoms with E-state index in [0.717, 1.165) is 0 Å². The van der Waals surface area contributed by atoms with Crippen LogP contribution >= 0.6 is 0 Å². The molecule has 168 valence electrons. The van der Waals surface area contributed by atoms with E-state index in [-0.39, 0.29) is 12.3 Å². The van der Waals surface area contributed by atoms with Crippen LogP contribution in [-0.2, 0) is 16.0 Å². The van der Waals surface area contributed by atoms with E-state index in [1.807, 2.05) is 0 Å². The van der Waals surface area contributed by atoms with E-state index in [1.54, 1.807) is 5.32 Å². The van der Waals surface area contributed by atoms with Crippen LogP contribution in [0.2, 0.25) is 0 Å². The monoisotopic (exact) mass is 474 g/mol. The van der Waals surface area contributed by atoms with Gasteiger partial charge in [0.2, 0.25) is 0 Å². The molecule has 0 radical (unpaired) electrons. The molecule has 31 heavy (non-hydrogen) atoms. The normalized spacial score (nSPS) is 13.1. The van der Waals surface area contributed by atoms with Crippen LogP contribution < -0.4 is 10.1 Å². The number of nitrogens with one attached hydrogen (secondary N) is 1. The molecule has 0 fully saturated rings. The highest BCUT2D eigenvalue weighted by Gasteiger charge is 2.34. The van der Waals surface area contributed by atoms with Gasteiger partial charge in [0, 0.05) is 0 Å². The zero-order valence-electron chi connectivity index (χ0n) is 14.7. The van der Waals surface area contributed by atoms with Crippen LogP contribution in [-0.4, -0.2) is 19.7 Å². The highest BCUT2D eigenvalue weighted by Crippen LogP contribution is 2.32. The first-order chi connectivity index (χ1) is 14.1. The molecule has 0 aliphatic rings. The Kier molecular flexibility index (Phi) is 6.49. The summed E-state index contributed by atoms with van der Waals surface area (Å²) < 4.78 is 117. The second kappa shape index (κ2) is 8.41. The Bertz CT molecular complexity index is 1110. The van der Waals surface area contributed by atoms with Crippen LogP contribution in [0.3, 0.4) is 0 Å². The predicted molar refractivity (Wildman–Crippen MR) is 90.4 cm³/mol. The fourth-order valence-electron chi connectivity index (χ4n) is 2.12. The third kappa shape index (κ3) is 6.07. The van der Waals surface area contributed by atoms with E-state index >= 15 is 0 Å². The van der Waals surface area contributed by atoms with Crippen molar-refractivity contribution < 1.29 is 48.8 Å². The number of ether oxygens (including phenoxy) is 1. The van der Waals surface area contributed by atoms with E-state index in [0.29, 0.717) is 36.4 Å². The number of anilines is 1. The van der Waals surface area contributed by atoms with Gasteiger partial charge in [0.05, 0.1) is 27.3 Å². The minimum atomic E-state index is -5.06.